The molecule has 1 N–H and O–H groups in total. The monoisotopic (exact) mass is 383 g/mol. The third-order valence-electron chi connectivity index (χ3n) is 2.94. The standard InChI is InChI=1S/C14H10ClF4NO3S/c1-23-12-4-3-9(7-10(12)14(17,18)19)20-24(21,22)13-5-2-8(16)6-11(13)15/h2-7,20H,1H3. The maximum atomic E-state index is 13.0. The summed E-state index contributed by atoms with van der Waals surface area (Å²) in [6.07, 6.45) is -4.74. The second-order valence-electron chi connectivity index (χ2n) is 4.59. The van der Waals surface area contributed by atoms with Crippen LogP contribution in [0.15, 0.2) is 41.3 Å². The van der Waals surface area contributed by atoms with Crippen molar-refractivity contribution < 1.29 is 30.7 Å². The third-order valence-corrected chi connectivity index (χ3v) is 4.80. The Morgan fingerprint density at radius 1 is 1.12 bits per heavy atom. The van der Waals surface area contributed by atoms with E-state index in [2.05, 4.69) is 4.74 Å². The van der Waals surface area contributed by atoms with Gasteiger partial charge in [-0.3, -0.25) is 4.72 Å². The van der Waals surface area contributed by atoms with E-state index in [0.29, 0.717) is 6.07 Å². The molecule has 0 saturated carbocycles. The minimum atomic E-state index is -4.74. The van der Waals surface area contributed by atoms with Crippen molar-refractivity contribution in [3.63, 3.8) is 0 Å². The molecule has 0 radical (unpaired) electrons. The zero-order chi connectivity index (χ0) is 18.1. The summed E-state index contributed by atoms with van der Waals surface area (Å²) in [5.41, 5.74) is -1.49. The van der Waals surface area contributed by atoms with E-state index in [1.54, 1.807) is 0 Å². The van der Waals surface area contributed by atoms with E-state index in [1.165, 1.54) is 0 Å². The van der Waals surface area contributed by atoms with Crippen molar-refractivity contribution in [1.29, 1.82) is 0 Å². The first-order valence-corrected chi connectivity index (χ1v) is 8.14. The number of hydrogen-bond acceptors (Lipinski definition) is 3. The van der Waals surface area contributed by atoms with Gasteiger partial charge < -0.3 is 4.74 Å². The summed E-state index contributed by atoms with van der Waals surface area (Å²) in [5, 5.41) is -0.396. The molecule has 0 bridgehead atoms. The number of methoxy groups -OCH3 is 1. The Hall–Kier alpha value is -2.00. The molecule has 0 heterocycles. The normalized spacial score (nSPS) is 12.1. The van der Waals surface area contributed by atoms with Crippen molar-refractivity contribution in [1.82, 2.24) is 0 Å². The fraction of sp³-hybridized carbons (Fsp3) is 0.143. The van der Waals surface area contributed by atoms with Crippen molar-refractivity contribution >= 4 is 27.3 Å². The van der Waals surface area contributed by atoms with Crippen LogP contribution in [0.1, 0.15) is 5.56 Å². The zero-order valence-electron chi connectivity index (χ0n) is 12.0. The van der Waals surface area contributed by atoms with E-state index in [9.17, 15) is 26.0 Å². The van der Waals surface area contributed by atoms with Crippen molar-refractivity contribution in [2.45, 2.75) is 11.1 Å². The lowest BCUT2D eigenvalue weighted by Gasteiger charge is -2.15. The van der Waals surface area contributed by atoms with Crippen LogP contribution in [0.5, 0.6) is 5.75 Å². The summed E-state index contributed by atoms with van der Waals surface area (Å²) >= 11 is 5.67. The number of sulfonamides is 1. The van der Waals surface area contributed by atoms with Crippen LogP contribution in [0.25, 0.3) is 0 Å². The van der Waals surface area contributed by atoms with Crippen LogP contribution in [0.4, 0.5) is 23.2 Å². The second kappa shape index (κ2) is 6.48. The fourth-order valence-corrected chi connectivity index (χ4v) is 3.48. The van der Waals surface area contributed by atoms with Crippen LogP contribution in [0, 0.1) is 5.82 Å². The highest BCUT2D eigenvalue weighted by Crippen LogP contribution is 2.38. The number of benzene rings is 2. The SMILES string of the molecule is COc1ccc(NS(=O)(=O)c2ccc(F)cc2Cl)cc1C(F)(F)F. The van der Waals surface area contributed by atoms with Gasteiger partial charge in [-0.15, -0.1) is 0 Å². The Kier molecular flexibility index (Phi) is 4.95. The van der Waals surface area contributed by atoms with Crippen LogP contribution < -0.4 is 9.46 Å². The molecule has 0 unspecified atom stereocenters. The van der Waals surface area contributed by atoms with Gasteiger partial charge in [-0.2, -0.15) is 13.2 Å². The van der Waals surface area contributed by atoms with Gasteiger partial charge >= 0.3 is 6.18 Å². The van der Waals surface area contributed by atoms with Crippen molar-refractivity contribution in [3.05, 3.63) is 52.8 Å². The Morgan fingerprint density at radius 2 is 1.79 bits per heavy atom. The molecule has 2 aromatic carbocycles. The lowest BCUT2D eigenvalue weighted by molar-refractivity contribution is -0.138. The molecule has 0 aliphatic heterocycles. The Morgan fingerprint density at radius 3 is 2.33 bits per heavy atom. The minimum Gasteiger partial charge on any atom is -0.496 e. The molecule has 0 spiro atoms. The summed E-state index contributed by atoms with van der Waals surface area (Å²) in [7, 11) is -3.24. The summed E-state index contributed by atoms with van der Waals surface area (Å²) in [4.78, 5) is -0.463. The number of hydrogen-bond donors (Lipinski definition) is 1. The molecule has 2 rings (SSSR count). The van der Waals surface area contributed by atoms with Gasteiger partial charge in [0.25, 0.3) is 10.0 Å². The molecular weight excluding hydrogens is 374 g/mol. The molecule has 24 heavy (non-hydrogen) atoms. The number of alkyl halides is 3. The molecule has 2 aromatic rings. The molecule has 0 aliphatic carbocycles. The summed E-state index contributed by atoms with van der Waals surface area (Å²) in [6, 6.07) is 5.24. The first-order chi connectivity index (χ1) is 11.0. The van der Waals surface area contributed by atoms with Gasteiger partial charge in [0.2, 0.25) is 0 Å². The van der Waals surface area contributed by atoms with Crippen molar-refractivity contribution in [2.75, 3.05) is 11.8 Å². The van der Waals surface area contributed by atoms with Crippen molar-refractivity contribution in [2.24, 2.45) is 0 Å². The van der Waals surface area contributed by atoms with Crippen molar-refractivity contribution in [3.8, 4) is 5.75 Å². The number of halogens is 5. The topological polar surface area (TPSA) is 55.4 Å². The predicted octanol–water partition coefficient (Wildman–Crippen LogP) is 4.31. The molecule has 0 saturated heterocycles. The van der Waals surface area contributed by atoms with Gasteiger partial charge in [-0.25, -0.2) is 12.8 Å². The van der Waals surface area contributed by atoms with Gasteiger partial charge in [0.15, 0.2) is 0 Å². The highest BCUT2D eigenvalue weighted by Gasteiger charge is 2.35. The lowest BCUT2D eigenvalue weighted by atomic mass is 10.1. The number of ether oxygens (including phenoxy) is 1. The number of anilines is 1. The quantitative estimate of drug-likeness (QED) is 0.800. The molecule has 130 valence electrons. The van der Waals surface area contributed by atoms with Crippen LogP contribution in [-0.4, -0.2) is 15.5 Å². The highest BCUT2D eigenvalue weighted by atomic mass is 35.5. The maximum absolute atomic E-state index is 13.0. The average Bonchev–Trinajstić information content (AvgIpc) is 2.45. The molecule has 0 amide bonds. The van der Waals surface area contributed by atoms with Crippen LogP contribution in [-0.2, 0) is 16.2 Å². The van der Waals surface area contributed by atoms with E-state index >= 15 is 0 Å². The predicted molar refractivity (Wildman–Crippen MR) is 80.2 cm³/mol. The van der Waals surface area contributed by atoms with Crippen LogP contribution >= 0.6 is 11.6 Å². The molecule has 4 nitrogen and oxygen atoms in total. The molecule has 10 heteroatoms. The molecule has 0 fully saturated rings. The van der Waals surface area contributed by atoms with Gasteiger partial charge in [0.05, 0.1) is 17.7 Å². The Balaban J connectivity index is 2.43. The Bertz CT molecular complexity index is 869. The first kappa shape index (κ1) is 18.3. The number of nitrogens with one attached hydrogen (secondary N) is 1. The Labute approximate surface area is 140 Å². The molecular formula is C14H10ClF4NO3S. The maximum Gasteiger partial charge on any atom is 0.420 e. The minimum absolute atomic E-state index is 0.344. The first-order valence-electron chi connectivity index (χ1n) is 6.27. The molecule has 0 aromatic heterocycles. The van der Waals surface area contributed by atoms with Gasteiger partial charge in [0.1, 0.15) is 16.5 Å². The van der Waals surface area contributed by atoms with Gasteiger partial charge in [0, 0.05) is 5.69 Å². The molecule has 0 aliphatic rings. The van der Waals surface area contributed by atoms with E-state index in [4.69, 9.17) is 11.6 Å². The second-order valence-corrected chi connectivity index (χ2v) is 6.65. The van der Waals surface area contributed by atoms with E-state index < -0.39 is 43.2 Å². The van der Waals surface area contributed by atoms with Crippen LogP contribution in [0.3, 0.4) is 0 Å². The van der Waals surface area contributed by atoms with Gasteiger partial charge in [-0.1, -0.05) is 11.6 Å². The summed E-state index contributed by atoms with van der Waals surface area (Å²) in [6.45, 7) is 0. The molecule has 0 atom stereocenters. The highest BCUT2D eigenvalue weighted by molar-refractivity contribution is 7.92. The number of rotatable bonds is 4. The summed E-state index contributed by atoms with van der Waals surface area (Å²) < 4.78 is 82.9. The lowest BCUT2D eigenvalue weighted by Crippen LogP contribution is -2.15. The fourth-order valence-electron chi connectivity index (χ4n) is 1.90. The van der Waals surface area contributed by atoms with E-state index in [1.807, 2.05) is 4.72 Å². The van der Waals surface area contributed by atoms with Gasteiger partial charge in [-0.05, 0) is 36.4 Å². The third kappa shape index (κ3) is 3.90. The van der Waals surface area contributed by atoms with E-state index in [-0.39, 0.29) is 5.69 Å². The smallest absolute Gasteiger partial charge is 0.420 e. The zero-order valence-corrected chi connectivity index (χ0v) is 13.6. The summed E-state index contributed by atoms with van der Waals surface area (Å²) in [5.74, 6) is -1.20. The van der Waals surface area contributed by atoms with E-state index in [0.717, 1.165) is 37.4 Å². The average molecular weight is 384 g/mol. The largest absolute Gasteiger partial charge is 0.496 e. The van der Waals surface area contributed by atoms with Crippen LogP contribution in [0.2, 0.25) is 5.02 Å².